The summed E-state index contributed by atoms with van der Waals surface area (Å²) in [6.45, 7) is 5.16. The topological polar surface area (TPSA) is 63.4 Å². The molecule has 0 aromatic heterocycles. The van der Waals surface area contributed by atoms with E-state index < -0.39 is 4.92 Å². The first-order chi connectivity index (χ1) is 6.99. The molecule has 1 N–H and O–H groups in total. The van der Waals surface area contributed by atoms with Crippen molar-refractivity contribution in [3.8, 4) is 5.75 Å². The van der Waals surface area contributed by atoms with Crippen molar-refractivity contribution < 1.29 is 10.0 Å². The van der Waals surface area contributed by atoms with Gasteiger partial charge in [-0.25, -0.2) is 0 Å². The van der Waals surface area contributed by atoms with Gasteiger partial charge < -0.3 is 5.11 Å². The summed E-state index contributed by atoms with van der Waals surface area (Å²) in [5.41, 5.74) is 0.588. The molecule has 4 nitrogen and oxygen atoms in total. The van der Waals surface area contributed by atoms with Crippen LogP contribution in [0.25, 0.3) is 0 Å². The van der Waals surface area contributed by atoms with Crippen LogP contribution in [0.5, 0.6) is 5.75 Å². The summed E-state index contributed by atoms with van der Waals surface area (Å²) in [4.78, 5) is 9.98. The van der Waals surface area contributed by atoms with Crippen LogP contribution in [0.1, 0.15) is 11.1 Å². The molecule has 0 saturated carbocycles. The van der Waals surface area contributed by atoms with Gasteiger partial charge in [-0.05, 0) is 18.9 Å². The van der Waals surface area contributed by atoms with Gasteiger partial charge in [0.05, 0.1) is 9.95 Å². The van der Waals surface area contributed by atoms with Crippen LogP contribution in [0, 0.1) is 17.0 Å². The number of rotatable bonds is 3. The lowest BCUT2D eigenvalue weighted by Crippen LogP contribution is -1.95. The van der Waals surface area contributed by atoms with Crippen LogP contribution < -0.4 is 0 Å². The maximum absolute atomic E-state index is 10.6. The minimum Gasteiger partial charge on any atom is -0.502 e. The average Bonchev–Trinajstić information content (AvgIpc) is 2.18. The Bertz CT molecular complexity index is 429. The Morgan fingerprint density at radius 1 is 1.73 bits per heavy atom. The monoisotopic (exact) mass is 227 g/mol. The Hall–Kier alpha value is -1.55. The third-order valence-corrected chi connectivity index (χ3v) is 2.56. The summed E-state index contributed by atoms with van der Waals surface area (Å²) in [6, 6.07) is 1.25. The molecule has 0 amide bonds. The van der Waals surface area contributed by atoms with Crippen molar-refractivity contribution in [2.24, 2.45) is 0 Å². The Balaban J connectivity index is 3.48. The average molecular weight is 228 g/mol. The van der Waals surface area contributed by atoms with Crippen LogP contribution in [-0.2, 0) is 6.42 Å². The highest BCUT2D eigenvalue weighted by Crippen LogP contribution is 2.37. The first kappa shape index (κ1) is 11.5. The van der Waals surface area contributed by atoms with E-state index in [0.717, 1.165) is 0 Å². The number of hydrogen-bond acceptors (Lipinski definition) is 3. The van der Waals surface area contributed by atoms with E-state index in [-0.39, 0.29) is 11.4 Å². The van der Waals surface area contributed by atoms with E-state index in [1.54, 1.807) is 6.92 Å². The number of nitrogens with zero attached hydrogens (tertiary/aromatic N) is 1. The van der Waals surface area contributed by atoms with Gasteiger partial charge in [0.2, 0.25) is 0 Å². The summed E-state index contributed by atoms with van der Waals surface area (Å²) < 4.78 is 0. The van der Waals surface area contributed by atoms with Crippen molar-refractivity contribution in [1.82, 2.24) is 0 Å². The molecule has 0 unspecified atom stereocenters. The maximum Gasteiger partial charge on any atom is 0.311 e. The highest BCUT2D eigenvalue weighted by molar-refractivity contribution is 6.32. The third-order valence-electron chi connectivity index (χ3n) is 2.04. The van der Waals surface area contributed by atoms with E-state index in [1.165, 1.54) is 12.1 Å². The molecule has 15 heavy (non-hydrogen) atoms. The van der Waals surface area contributed by atoms with Gasteiger partial charge in [0.15, 0.2) is 5.75 Å². The van der Waals surface area contributed by atoms with Crippen molar-refractivity contribution >= 4 is 17.3 Å². The number of nitro benzene ring substituents is 1. The van der Waals surface area contributed by atoms with Gasteiger partial charge in [-0.2, -0.15) is 0 Å². The fourth-order valence-electron chi connectivity index (χ4n) is 1.30. The normalized spacial score (nSPS) is 10.0. The Morgan fingerprint density at radius 3 is 2.80 bits per heavy atom. The van der Waals surface area contributed by atoms with E-state index in [0.29, 0.717) is 22.6 Å². The molecule has 0 heterocycles. The van der Waals surface area contributed by atoms with Crippen molar-refractivity contribution in [3.05, 3.63) is 45.0 Å². The molecule has 5 heteroatoms. The molecular formula is C10H10ClNO3. The van der Waals surface area contributed by atoms with E-state index in [1.807, 2.05) is 0 Å². The fraction of sp³-hybridized carbons (Fsp3) is 0.200. The van der Waals surface area contributed by atoms with Gasteiger partial charge in [-0.3, -0.25) is 10.1 Å². The number of aromatic hydroxyl groups is 1. The zero-order valence-electron chi connectivity index (χ0n) is 8.16. The molecular weight excluding hydrogens is 218 g/mol. The predicted octanol–water partition coefficient (Wildman–Crippen LogP) is 2.99. The molecule has 0 spiro atoms. The number of phenols is 1. The van der Waals surface area contributed by atoms with E-state index in [4.69, 9.17) is 11.6 Å². The summed E-state index contributed by atoms with van der Waals surface area (Å²) in [5.74, 6) is -0.379. The van der Waals surface area contributed by atoms with Crippen LogP contribution in [-0.4, -0.2) is 10.0 Å². The van der Waals surface area contributed by atoms with Crippen molar-refractivity contribution in [1.29, 1.82) is 0 Å². The molecule has 0 aliphatic heterocycles. The standard InChI is InChI=1S/C10H10ClNO3/c1-3-4-7-9(11)6(2)5-8(10(7)13)12(14)15/h3,5,13H,1,4H2,2H3. The fourth-order valence-corrected chi connectivity index (χ4v) is 1.52. The lowest BCUT2D eigenvalue weighted by Gasteiger charge is -2.07. The van der Waals surface area contributed by atoms with Gasteiger partial charge in [-0.15, -0.1) is 6.58 Å². The lowest BCUT2D eigenvalue weighted by atomic mass is 10.1. The SMILES string of the molecule is C=CCc1c(O)c([N+](=O)[O-])cc(C)c1Cl. The number of hydrogen-bond donors (Lipinski definition) is 1. The number of nitro groups is 1. The summed E-state index contributed by atoms with van der Waals surface area (Å²) in [7, 11) is 0. The molecule has 1 aromatic rings. The first-order valence-corrected chi connectivity index (χ1v) is 4.63. The molecule has 1 rings (SSSR count). The second-order valence-corrected chi connectivity index (χ2v) is 3.48. The lowest BCUT2D eigenvalue weighted by molar-refractivity contribution is -0.386. The summed E-state index contributed by atoms with van der Waals surface area (Å²) in [5, 5.41) is 20.6. The number of aryl methyl sites for hydroxylation is 1. The smallest absolute Gasteiger partial charge is 0.311 e. The largest absolute Gasteiger partial charge is 0.502 e. The second-order valence-electron chi connectivity index (χ2n) is 3.10. The molecule has 0 radical (unpaired) electrons. The Kier molecular flexibility index (Phi) is 3.31. The predicted molar refractivity (Wildman–Crippen MR) is 58.4 cm³/mol. The number of halogens is 1. The van der Waals surface area contributed by atoms with Crippen molar-refractivity contribution in [3.63, 3.8) is 0 Å². The van der Waals surface area contributed by atoms with Crippen LogP contribution in [0.15, 0.2) is 18.7 Å². The summed E-state index contributed by atoms with van der Waals surface area (Å²) >= 11 is 5.92. The second kappa shape index (κ2) is 4.31. The molecule has 1 aromatic carbocycles. The van der Waals surface area contributed by atoms with Crippen LogP contribution in [0.4, 0.5) is 5.69 Å². The molecule has 0 bridgehead atoms. The summed E-state index contributed by atoms with van der Waals surface area (Å²) in [6.07, 6.45) is 1.83. The van der Waals surface area contributed by atoms with Gasteiger partial charge in [-0.1, -0.05) is 17.7 Å². The van der Waals surface area contributed by atoms with Crippen molar-refractivity contribution in [2.45, 2.75) is 13.3 Å². The van der Waals surface area contributed by atoms with Gasteiger partial charge in [0.25, 0.3) is 0 Å². The minimum atomic E-state index is -0.634. The highest BCUT2D eigenvalue weighted by atomic mass is 35.5. The quantitative estimate of drug-likeness (QED) is 0.491. The third kappa shape index (κ3) is 2.10. The molecule has 0 aliphatic carbocycles. The molecule has 80 valence electrons. The zero-order chi connectivity index (χ0) is 11.6. The maximum atomic E-state index is 10.6. The van der Waals surface area contributed by atoms with E-state index in [9.17, 15) is 15.2 Å². The molecule has 0 saturated heterocycles. The highest BCUT2D eigenvalue weighted by Gasteiger charge is 2.20. The number of allylic oxidation sites excluding steroid dienone is 1. The Labute approximate surface area is 92.0 Å². The first-order valence-electron chi connectivity index (χ1n) is 4.25. The van der Waals surface area contributed by atoms with E-state index in [2.05, 4.69) is 6.58 Å². The van der Waals surface area contributed by atoms with Crippen LogP contribution in [0.2, 0.25) is 5.02 Å². The number of benzene rings is 1. The van der Waals surface area contributed by atoms with E-state index >= 15 is 0 Å². The van der Waals surface area contributed by atoms with Crippen LogP contribution >= 0.6 is 11.6 Å². The Morgan fingerprint density at radius 2 is 2.33 bits per heavy atom. The molecule has 0 atom stereocenters. The van der Waals surface area contributed by atoms with Crippen molar-refractivity contribution in [2.75, 3.05) is 0 Å². The number of phenolic OH excluding ortho intramolecular Hbond substituents is 1. The van der Waals surface area contributed by atoms with Gasteiger partial charge >= 0.3 is 5.69 Å². The molecule has 0 fully saturated rings. The van der Waals surface area contributed by atoms with Gasteiger partial charge in [0, 0.05) is 11.6 Å². The van der Waals surface area contributed by atoms with Gasteiger partial charge in [0.1, 0.15) is 0 Å². The minimum absolute atomic E-state index is 0.299. The molecule has 0 aliphatic rings. The zero-order valence-corrected chi connectivity index (χ0v) is 8.91. The van der Waals surface area contributed by atoms with Crippen LogP contribution in [0.3, 0.4) is 0 Å².